The zero-order valence-corrected chi connectivity index (χ0v) is 12.7. The van der Waals surface area contributed by atoms with Gasteiger partial charge >= 0.3 is 0 Å². The quantitative estimate of drug-likeness (QED) is 0.621. The number of nitriles is 1. The van der Waals surface area contributed by atoms with Crippen LogP contribution in [0.3, 0.4) is 0 Å². The van der Waals surface area contributed by atoms with E-state index in [0.29, 0.717) is 23.8 Å². The second-order valence-electron chi connectivity index (χ2n) is 5.00. The number of hydrogen-bond acceptors (Lipinski definition) is 6. The van der Waals surface area contributed by atoms with Crippen molar-refractivity contribution < 1.29 is 18.7 Å². The number of fused-ring (bicyclic) bond motifs is 1. The Labute approximate surface area is 138 Å². The molecule has 0 bridgehead atoms. The number of furan rings is 1. The number of carbonyl (C=O) groups excluding carboxylic acids is 1. The van der Waals surface area contributed by atoms with E-state index in [9.17, 15) is 4.79 Å². The third-order valence-corrected chi connectivity index (χ3v) is 3.36. The van der Waals surface area contributed by atoms with Crippen LogP contribution < -0.4 is 20.1 Å². The van der Waals surface area contributed by atoms with E-state index in [-0.39, 0.29) is 18.9 Å². The van der Waals surface area contributed by atoms with Crippen LogP contribution in [0.25, 0.3) is 0 Å². The van der Waals surface area contributed by atoms with E-state index in [1.165, 1.54) is 6.20 Å². The van der Waals surface area contributed by atoms with Crippen LogP contribution in [-0.4, -0.2) is 12.7 Å². The number of nitrogens with zero attached hydrogens (tertiary/aromatic N) is 1. The minimum absolute atomic E-state index is 0.0118. The molecule has 0 unspecified atom stereocenters. The fourth-order valence-corrected chi connectivity index (χ4v) is 2.14. The molecule has 1 aromatic heterocycles. The highest BCUT2D eigenvalue weighted by Gasteiger charge is 2.14. The molecular formula is C17H15N3O4. The Hall–Kier alpha value is -3.40. The van der Waals surface area contributed by atoms with Crippen molar-refractivity contribution in [2.24, 2.45) is 0 Å². The fraction of sp³-hybridized carbons (Fsp3) is 0.176. The van der Waals surface area contributed by atoms with Gasteiger partial charge in [-0.25, -0.2) is 0 Å². The number of amides is 1. The number of hydrogen-bond donors (Lipinski definition) is 2. The molecule has 0 atom stereocenters. The minimum atomic E-state index is -0.456. The van der Waals surface area contributed by atoms with Crippen molar-refractivity contribution in [1.82, 2.24) is 10.6 Å². The Morgan fingerprint density at radius 3 is 2.92 bits per heavy atom. The lowest BCUT2D eigenvalue weighted by molar-refractivity contribution is -0.117. The van der Waals surface area contributed by atoms with Gasteiger partial charge in [0, 0.05) is 12.7 Å². The molecule has 1 aromatic carbocycles. The molecule has 3 rings (SSSR count). The lowest BCUT2D eigenvalue weighted by atomic mass is 10.2. The van der Waals surface area contributed by atoms with Crippen molar-refractivity contribution in [3.63, 3.8) is 0 Å². The van der Waals surface area contributed by atoms with Gasteiger partial charge in [-0.1, -0.05) is 6.07 Å². The lowest BCUT2D eigenvalue weighted by Crippen LogP contribution is -2.25. The maximum Gasteiger partial charge on any atom is 0.263 e. The topological polar surface area (TPSA) is 96.5 Å². The zero-order valence-electron chi connectivity index (χ0n) is 12.7. The van der Waals surface area contributed by atoms with Crippen molar-refractivity contribution in [2.45, 2.75) is 13.1 Å². The Morgan fingerprint density at radius 1 is 1.25 bits per heavy atom. The van der Waals surface area contributed by atoms with Gasteiger partial charge in [0.15, 0.2) is 11.5 Å². The van der Waals surface area contributed by atoms with Crippen molar-refractivity contribution in [2.75, 3.05) is 6.79 Å². The monoisotopic (exact) mass is 325 g/mol. The van der Waals surface area contributed by atoms with Crippen LogP contribution in [0.4, 0.5) is 0 Å². The zero-order chi connectivity index (χ0) is 16.8. The number of nitrogens with one attached hydrogen (secondary N) is 2. The summed E-state index contributed by atoms with van der Waals surface area (Å²) >= 11 is 0. The summed E-state index contributed by atoms with van der Waals surface area (Å²) < 4.78 is 15.7. The normalized spacial score (nSPS) is 12.5. The summed E-state index contributed by atoms with van der Waals surface area (Å²) in [6.07, 6.45) is 2.93. The van der Waals surface area contributed by atoms with E-state index >= 15 is 0 Å². The molecule has 0 spiro atoms. The SMILES string of the molecule is N#C/C(=C/NCc1ccco1)C(=O)NCc1ccc2c(c1)OCO2. The summed E-state index contributed by atoms with van der Waals surface area (Å²) in [5, 5.41) is 14.7. The molecule has 0 fully saturated rings. The fourth-order valence-electron chi connectivity index (χ4n) is 2.14. The van der Waals surface area contributed by atoms with Crippen LogP contribution in [0.5, 0.6) is 11.5 Å². The van der Waals surface area contributed by atoms with Crippen molar-refractivity contribution >= 4 is 5.91 Å². The van der Waals surface area contributed by atoms with Gasteiger partial charge in [-0.3, -0.25) is 4.79 Å². The Morgan fingerprint density at radius 2 is 2.12 bits per heavy atom. The predicted octanol–water partition coefficient (Wildman–Crippen LogP) is 1.82. The third-order valence-electron chi connectivity index (χ3n) is 3.36. The summed E-state index contributed by atoms with van der Waals surface area (Å²) in [5.41, 5.74) is 0.843. The molecule has 1 aliphatic heterocycles. The molecule has 2 heterocycles. The first-order valence-electron chi connectivity index (χ1n) is 7.29. The van der Waals surface area contributed by atoms with Crippen LogP contribution in [0.1, 0.15) is 11.3 Å². The lowest BCUT2D eigenvalue weighted by Gasteiger charge is -2.06. The average Bonchev–Trinajstić information content (AvgIpc) is 3.27. The van der Waals surface area contributed by atoms with Crippen LogP contribution in [0, 0.1) is 11.3 Å². The van der Waals surface area contributed by atoms with Crippen LogP contribution in [-0.2, 0) is 17.9 Å². The second-order valence-corrected chi connectivity index (χ2v) is 5.00. The van der Waals surface area contributed by atoms with Crippen LogP contribution in [0.2, 0.25) is 0 Å². The third kappa shape index (κ3) is 3.67. The van der Waals surface area contributed by atoms with Crippen molar-refractivity contribution in [1.29, 1.82) is 5.26 Å². The molecule has 2 aromatic rings. The molecule has 2 N–H and O–H groups in total. The van der Waals surface area contributed by atoms with Gasteiger partial charge < -0.3 is 24.5 Å². The number of carbonyl (C=O) groups is 1. The highest BCUT2D eigenvalue weighted by atomic mass is 16.7. The first-order valence-corrected chi connectivity index (χ1v) is 7.29. The molecule has 7 nitrogen and oxygen atoms in total. The standard InChI is InChI=1S/C17H15N3O4/c18-7-13(9-19-10-14-2-1-5-22-14)17(21)20-8-12-3-4-15-16(6-12)24-11-23-15/h1-6,9,19H,8,10-11H2,(H,20,21)/b13-9-. The highest BCUT2D eigenvalue weighted by molar-refractivity contribution is 5.97. The molecule has 7 heteroatoms. The van der Waals surface area contributed by atoms with E-state index in [0.717, 1.165) is 5.56 Å². The Kier molecular flexibility index (Phi) is 4.68. The second kappa shape index (κ2) is 7.24. The van der Waals surface area contributed by atoms with Gasteiger partial charge in [0.05, 0.1) is 12.8 Å². The molecule has 0 saturated carbocycles. The van der Waals surface area contributed by atoms with Gasteiger partial charge in [0.2, 0.25) is 6.79 Å². The largest absolute Gasteiger partial charge is 0.467 e. The molecule has 0 saturated heterocycles. The van der Waals surface area contributed by atoms with E-state index < -0.39 is 5.91 Å². The molecule has 0 radical (unpaired) electrons. The van der Waals surface area contributed by atoms with Crippen molar-refractivity contribution in [3.05, 3.63) is 59.7 Å². The molecule has 24 heavy (non-hydrogen) atoms. The molecule has 1 aliphatic rings. The average molecular weight is 325 g/mol. The van der Waals surface area contributed by atoms with E-state index in [2.05, 4.69) is 10.6 Å². The Balaban J connectivity index is 1.53. The van der Waals surface area contributed by atoms with Crippen LogP contribution >= 0.6 is 0 Å². The minimum Gasteiger partial charge on any atom is -0.467 e. The van der Waals surface area contributed by atoms with Crippen molar-refractivity contribution in [3.8, 4) is 17.6 Å². The summed E-state index contributed by atoms with van der Waals surface area (Å²) in [7, 11) is 0. The van der Waals surface area contributed by atoms with Gasteiger partial charge in [-0.2, -0.15) is 5.26 Å². The van der Waals surface area contributed by atoms with E-state index in [4.69, 9.17) is 19.2 Å². The molecule has 122 valence electrons. The maximum atomic E-state index is 12.1. The van der Waals surface area contributed by atoms with Gasteiger partial charge in [0.1, 0.15) is 17.4 Å². The molecule has 0 aliphatic carbocycles. The molecule has 1 amide bonds. The summed E-state index contributed by atoms with van der Waals surface area (Å²) in [4.78, 5) is 12.1. The summed E-state index contributed by atoms with van der Waals surface area (Å²) in [5.74, 6) is 1.59. The Bertz CT molecular complexity index is 791. The molecular weight excluding hydrogens is 310 g/mol. The first-order chi connectivity index (χ1) is 11.8. The smallest absolute Gasteiger partial charge is 0.263 e. The number of rotatable bonds is 6. The van der Waals surface area contributed by atoms with E-state index in [1.807, 2.05) is 12.1 Å². The first kappa shape index (κ1) is 15.5. The predicted molar refractivity (Wildman–Crippen MR) is 83.7 cm³/mol. The summed E-state index contributed by atoms with van der Waals surface area (Å²) in [6, 6.07) is 10.9. The maximum absolute atomic E-state index is 12.1. The number of ether oxygens (including phenoxy) is 2. The van der Waals surface area contributed by atoms with Gasteiger partial charge in [0.25, 0.3) is 5.91 Å². The van der Waals surface area contributed by atoms with Gasteiger partial charge in [-0.05, 0) is 29.8 Å². The number of benzene rings is 1. The highest BCUT2D eigenvalue weighted by Crippen LogP contribution is 2.32. The van der Waals surface area contributed by atoms with Gasteiger partial charge in [-0.15, -0.1) is 0 Å². The summed E-state index contributed by atoms with van der Waals surface area (Å²) in [6.45, 7) is 0.883. The van der Waals surface area contributed by atoms with Crippen LogP contribution in [0.15, 0.2) is 52.8 Å². The van der Waals surface area contributed by atoms with E-state index in [1.54, 1.807) is 30.5 Å².